The molecule has 2 nitrogen and oxygen atoms in total. The zero-order valence-electron chi connectivity index (χ0n) is 9.79. The van der Waals surface area contributed by atoms with Crippen molar-refractivity contribution in [1.29, 1.82) is 0 Å². The van der Waals surface area contributed by atoms with Crippen molar-refractivity contribution in [2.75, 3.05) is 0 Å². The van der Waals surface area contributed by atoms with E-state index in [0.717, 1.165) is 18.4 Å². The fraction of sp³-hybridized carbons (Fsp3) is 0.538. The van der Waals surface area contributed by atoms with Crippen molar-refractivity contribution in [2.24, 2.45) is 5.92 Å². The van der Waals surface area contributed by atoms with Gasteiger partial charge in [-0.3, -0.25) is 9.78 Å². The van der Waals surface area contributed by atoms with E-state index in [1.165, 1.54) is 6.42 Å². The number of aromatic nitrogens is 1. The van der Waals surface area contributed by atoms with Gasteiger partial charge in [0.05, 0.1) is 0 Å². The van der Waals surface area contributed by atoms with Crippen LogP contribution in [0.1, 0.15) is 49.2 Å². The summed E-state index contributed by atoms with van der Waals surface area (Å²) < 4.78 is 0. The number of carbonyl (C=O) groups is 1. The Hall–Kier alpha value is -1.18. The number of hydrogen-bond donors (Lipinski definition) is 0. The standard InChI is InChI=1S/C11H13NO.C2H6/c1-8-5-6-10(12-7-8)11(13)9-3-2-4-9;1-2/h5-7,9H,2-4H2,1H3;1-2H3. The van der Waals surface area contributed by atoms with E-state index in [-0.39, 0.29) is 11.7 Å². The van der Waals surface area contributed by atoms with Crippen molar-refractivity contribution >= 4 is 5.78 Å². The number of hydrogen-bond acceptors (Lipinski definition) is 2. The molecule has 2 heteroatoms. The highest BCUT2D eigenvalue weighted by Gasteiger charge is 2.26. The summed E-state index contributed by atoms with van der Waals surface area (Å²) in [6.07, 6.45) is 5.05. The third-order valence-corrected chi connectivity index (χ3v) is 2.64. The van der Waals surface area contributed by atoms with E-state index in [1.54, 1.807) is 6.20 Å². The van der Waals surface area contributed by atoms with Crippen LogP contribution in [0.15, 0.2) is 18.3 Å². The van der Waals surface area contributed by atoms with Crippen molar-refractivity contribution in [2.45, 2.75) is 40.0 Å². The molecule has 1 aromatic rings. The van der Waals surface area contributed by atoms with Gasteiger partial charge in [-0.2, -0.15) is 0 Å². The number of pyridine rings is 1. The lowest BCUT2D eigenvalue weighted by atomic mass is 9.81. The summed E-state index contributed by atoms with van der Waals surface area (Å²) in [4.78, 5) is 15.8. The van der Waals surface area contributed by atoms with Crippen LogP contribution in [0.5, 0.6) is 0 Å². The van der Waals surface area contributed by atoms with Crippen LogP contribution in [-0.2, 0) is 0 Å². The highest BCUT2D eigenvalue weighted by atomic mass is 16.1. The molecule has 0 spiro atoms. The Kier molecular flexibility index (Phi) is 4.47. The minimum Gasteiger partial charge on any atom is -0.292 e. The molecule has 0 N–H and O–H groups in total. The molecule has 0 bridgehead atoms. The Morgan fingerprint density at radius 3 is 2.40 bits per heavy atom. The molecule has 15 heavy (non-hydrogen) atoms. The van der Waals surface area contributed by atoms with Crippen molar-refractivity contribution in [3.63, 3.8) is 0 Å². The van der Waals surface area contributed by atoms with Gasteiger partial charge in [0.1, 0.15) is 5.69 Å². The first-order valence-electron chi connectivity index (χ1n) is 5.74. The van der Waals surface area contributed by atoms with Crippen LogP contribution in [0.3, 0.4) is 0 Å². The lowest BCUT2D eigenvalue weighted by Gasteiger charge is -2.23. The van der Waals surface area contributed by atoms with Crippen LogP contribution in [0.4, 0.5) is 0 Å². The molecule has 0 aromatic carbocycles. The van der Waals surface area contributed by atoms with Crippen LogP contribution < -0.4 is 0 Å². The summed E-state index contributed by atoms with van der Waals surface area (Å²) in [7, 11) is 0. The molecular weight excluding hydrogens is 186 g/mol. The second-order valence-electron chi connectivity index (χ2n) is 3.71. The van der Waals surface area contributed by atoms with Crippen LogP contribution in [-0.4, -0.2) is 10.8 Å². The topological polar surface area (TPSA) is 30.0 Å². The van der Waals surface area contributed by atoms with Crippen LogP contribution in [0, 0.1) is 12.8 Å². The Morgan fingerprint density at radius 1 is 1.33 bits per heavy atom. The molecule has 1 aliphatic rings. The maximum Gasteiger partial charge on any atom is 0.184 e. The Bertz CT molecular complexity index is 312. The Labute approximate surface area is 91.7 Å². The molecule has 2 rings (SSSR count). The van der Waals surface area contributed by atoms with Gasteiger partial charge in [0.25, 0.3) is 0 Å². The zero-order chi connectivity index (χ0) is 11.3. The van der Waals surface area contributed by atoms with E-state index in [2.05, 4.69) is 4.98 Å². The number of Topliss-reactive ketones (excluding diaryl/α,β-unsaturated/α-hetero) is 1. The van der Waals surface area contributed by atoms with Gasteiger partial charge in [-0.15, -0.1) is 0 Å². The predicted molar refractivity (Wildman–Crippen MR) is 62.0 cm³/mol. The van der Waals surface area contributed by atoms with Gasteiger partial charge in [-0.1, -0.05) is 26.3 Å². The maximum atomic E-state index is 11.7. The van der Waals surface area contributed by atoms with E-state index >= 15 is 0 Å². The van der Waals surface area contributed by atoms with E-state index in [0.29, 0.717) is 5.69 Å². The molecule has 1 heterocycles. The highest BCUT2D eigenvalue weighted by molar-refractivity contribution is 5.96. The molecule has 0 saturated heterocycles. The van der Waals surface area contributed by atoms with Crippen molar-refractivity contribution in [3.8, 4) is 0 Å². The van der Waals surface area contributed by atoms with E-state index in [4.69, 9.17) is 0 Å². The number of ketones is 1. The largest absolute Gasteiger partial charge is 0.292 e. The molecule has 0 unspecified atom stereocenters. The van der Waals surface area contributed by atoms with Crippen LogP contribution >= 0.6 is 0 Å². The minimum atomic E-state index is 0.228. The molecule has 1 aliphatic carbocycles. The highest BCUT2D eigenvalue weighted by Crippen LogP contribution is 2.29. The van der Waals surface area contributed by atoms with E-state index in [9.17, 15) is 4.79 Å². The van der Waals surface area contributed by atoms with E-state index < -0.39 is 0 Å². The Morgan fingerprint density at radius 2 is 2.00 bits per heavy atom. The molecule has 0 atom stereocenters. The first kappa shape index (κ1) is 11.9. The number of aryl methyl sites for hydroxylation is 1. The smallest absolute Gasteiger partial charge is 0.184 e. The number of carbonyl (C=O) groups excluding carboxylic acids is 1. The lowest BCUT2D eigenvalue weighted by molar-refractivity contribution is 0.0850. The fourth-order valence-electron chi connectivity index (χ4n) is 1.49. The second-order valence-corrected chi connectivity index (χ2v) is 3.71. The SMILES string of the molecule is CC.Cc1ccc(C(=O)C2CCC2)nc1. The molecule has 1 saturated carbocycles. The number of nitrogens with zero attached hydrogens (tertiary/aromatic N) is 1. The van der Waals surface area contributed by atoms with Crippen LogP contribution in [0.25, 0.3) is 0 Å². The van der Waals surface area contributed by atoms with Crippen molar-refractivity contribution in [3.05, 3.63) is 29.6 Å². The molecule has 0 aliphatic heterocycles. The van der Waals surface area contributed by atoms with Gasteiger partial charge in [0, 0.05) is 12.1 Å². The van der Waals surface area contributed by atoms with Gasteiger partial charge in [0.2, 0.25) is 0 Å². The molecule has 0 radical (unpaired) electrons. The van der Waals surface area contributed by atoms with Crippen molar-refractivity contribution < 1.29 is 4.79 Å². The fourth-order valence-corrected chi connectivity index (χ4v) is 1.49. The Balaban J connectivity index is 0.000000531. The van der Waals surface area contributed by atoms with Gasteiger partial charge in [-0.05, 0) is 31.4 Å². The summed E-state index contributed by atoms with van der Waals surface area (Å²) in [6.45, 7) is 5.98. The van der Waals surface area contributed by atoms with Crippen molar-refractivity contribution in [1.82, 2.24) is 4.98 Å². The predicted octanol–water partition coefficient (Wildman–Crippen LogP) is 3.40. The van der Waals surface area contributed by atoms with Gasteiger partial charge < -0.3 is 0 Å². The van der Waals surface area contributed by atoms with Gasteiger partial charge in [-0.25, -0.2) is 0 Å². The summed E-state index contributed by atoms with van der Waals surface area (Å²) in [5.41, 5.74) is 1.74. The monoisotopic (exact) mass is 205 g/mol. The second kappa shape index (κ2) is 5.64. The zero-order valence-corrected chi connectivity index (χ0v) is 9.79. The van der Waals surface area contributed by atoms with Crippen LogP contribution in [0.2, 0.25) is 0 Å². The number of rotatable bonds is 2. The van der Waals surface area contributed by atoms with Gasteiger partial charge in [0.15, 0.2) is 5.78 Å². The quantitative estimate of drug-likeness (QED) is 0.693. The molecule has 1 fully saturated rings. The average Bonchev–Trinajstić information content (AvgIpc) is 2.19. The summed E-state index contributed by atoms with van der Waals surface area (Å²) in [6, 6.07) is 3.77. The summed E-state index contributed by atoms with van der Waals surface area (Å²) >= 11 is 0. The minimum absolute atomic E-state index is 0.228. The first-order chi connectivity index (χ1) is 7.27. The summed E-state index contributed by atoms with van der Waals surface area (Å²) in [5.74, 6) is 0.487. The normalized spacial score (nSPS) is 14.9. The van der Waals surface area contributed by atoms with E-state index in [1.807, 2.05) is 32.9 Å². The third kappa shape index (κ3) is 2.88. The average molecular weight is 205 g/mol. The molecule has 82 valence electrons. The molecule has 1 aromatic heterocycles. The third-order valence-electron chi connectivity index (χ3n) is 2.64. The molecular formula is C13H19NO. The summed E-state index contributed by atoms with van der Waals surface area (Å²) in [5, 5.41) is 0. The lowest BCUT2D eigenvalue weighted by Crippen LogP contribution is -2.22. The molecule has 0 amide bonds. The van der Waals surface area contributed by atoms with Gasteiger partial charge >= 0.3 is 0 Å². The first-order valence-corrected chi connectivity index (χ1v) is 5.74. The maximum absolute atomic E-state index is 11.7.